The van der Waals surface area contributed by atoms with Crippen LogP contribution in [0.3, 0.4) is 0 Å². The van der Waals surface area contributed by atoms with Gasteiger partial charge in [0.25, 0.3) is 0 Å². The first-order chi connectivity index (χ1) is 8.51. The van der Waals surface area contributed by atoms with Crippen molar-refractivity contribution in [2.24, 2.45) is 10.2 Å². The Hall–Kier alpha value is -0.760. The van der Waals surface area contributed by atoms with Gasteiger partial charge in [0.1, 0.15) is 0 Å². The highest BCUT2D eigenvalue weighted by Gasteiger charge is 2.29. The van der Waals surface area contributed by atoms with E-state index in [0.29, 0.717) is 16.0 Å². The molecule has 2 rings (SSSR count). The van der Waals surface area contributed by atoms with Crippen LogP contribution in [0.2, 0.25) is 0 Å². The predicted molar refractivity (Wildman–Crippen MR) is 73.7 cm³/mol. The fraction of sp³-hybridized carbons (Fsp3) is 0.400. The molecule has 0 aromatic carbocycles. The van der Waals surface area contributed by atoms with E-state index in [9.17, 15) is 5.11 Å². The van der Waals surface area contributed by atoms with Crippen molar-refractivity contribution in [2.45, 2.75) is 23.1 Å². The Kier molecular flexibility index (Phi) is 4.16. The van der Waals surface area contributed by atoms with Gasteiger partial charge in [-0.25, -0.2) is 0 Å². The summed E-state index contributed by atoms with van der Waals surface area (Å²) < 4.78 is 4.08. The lowest BCUT2D eigenvalue weighted by Crippen LogP contribution is -2.31. The highest BCUT2D eigenvalue weighted by molar-refractivity contribution is 7.98. The first-order valence-corrected chi connectivity index (χ1v) is 7.46. The highest BCUT2D eigenvalue weighted by atomic mass is 35.5. The maximum Gasteiger partial charge on any atom is 0.250 e. The van der Waals surface area contributed by atoms with Gasteiger partial charge in [-0.1, -0.05) is 17.8 Å². The molecule has 8 heteroatoms. The normalized spacial score (nSPS) is 27.8. The van der Waals surface area contributed by atoms with Gasteiger partial charge in [0.15, 0.2) is 0 Å². The van der Waals surface area contributed by atoms with Gasteiger partial charge >= 0.3 is 0 Å². The summed E-state index contributed by atoms with van der Waals surface area (Å²) in [5.74, 6) is 0. The number of allylic oxidation sites excluding steroid dienone is 1. The smallest absolute Gasteiger partial charge is 0.250 e. The number of hydrogen-bond acceptors (Lipinski definition) is 7. The molecule has 1 heterocycles. The molecule has 0 bridgehead atoms. The molecule has 0 radical (unpaired) electrons. The van der Waals surface area contributed by atoms with Gasteiger partial charge in [0, 0.05) is 11.5 Å². The average Bonchev–Trinajstić information content (AvgIpc) is 2.78. The second-order valence-electron chi connectivity index (χ2n) is 3.79. The average molecular weight is 303 g/mol. The largest absolute Gasteiger partial charge is 0.387 e. The number of alkyl halides is 1. The predicted octanol–water partition coefficient (Wildman–Crippen LogP) is 3.16. The molecule has 0 saturated carbocycles. The van der Waals surface area contributed by atoms with Gasteiger partial charge in [-0.2, -0.15) is 9.36 Å². The van der Waals surface area contributed by atoms with Crippen molar-refractivity contribution in [1.29, 1.82) is 0 Å². The fourth-order valence-electron chi connectivity index (χ4n) is 1.29. The number of thioether (sulfide) groups is 1. The molecule has 1 aliphatic carbocycles. The zero-order valence-electron chi connectivity index (χ0n) is 9.74. The van der Waals surface area contributed by atoms with Crippen LogP contribution in [0.25, 0.3) is 0 Å². The molecule has 2 unspecified atom stereocenters. The van der Waals surface area contributed by atoms with Crippen LogP contribution in [0, 0.1) is 0 Å². The Morgan fingerprint density at radius 1 is 1.56 bits per heavy atom. The van der Waals surface area contributed by atoms with Crippen molar-refractivity contribution in [3.8, 4) is 0 Å². The van der Waals surface area contributed by atoms with E-state index in [1.165, 1.54) is 23.3 Å². The lowest BCUT2D eigenvalue weighted by atomic mass is 9.97. The third kappa shape index (κ3) is 3.17. The summed E-state index contributed by atoms with van der Waals surface area (Å²) in [5.41, 5.74) is 0.596. The van der Waals surface area contributed by atoms with Crippen LogP contribution in [0.1, 0.15) is 6.92 Å². The molecule has 0 amide bonds. The van der Waals surface area contributed by atoms with Crippen LogP contribution < -0.4 is 0 Å². The lowest BCUT2D eigenvalue weighted by molar-refractivity contribution is 0.195. The van der Waals surface area contributed by atoms with Crippen LogP contribution in [-0.4, -0.2) is 31.7 Å². The molecular weight excluding hydrogens is 292 g/mol. The Labute approximate surface area is 118 Å². The van der Waals surface area contributed by atoms with E-state index in [1.807, 2.05) is 6.26 Å². The molecule has 2 atom stereocenters. The van der Waals surface area contributed by atoms with Crippen molar-refractivity contribution >= 4 is 40.0 Å². The van der Waals surface area contributed by atoms with E-state index < -0.39 is 11.0 Å². The lowest BCUT2D eigenvalue weighted by Gasteiger charge is -2.25. The first kappa shape index (κ1) is 13.7. The van der Waals surface area contributed by atoms with Gasteiger partial charge in [0.05, 0.1) is 16.7 Å². The molecule has 5 nitrogen and oxygen atoms in total. The van der Waals surface area contributed by atoms with Crippen molar-refractivity contribution in [2.75, 3.05) is 6.26 Å². The van der Waals surface area contributed by atoms with E-state index in [-0.39, 0.29) is 0 Å². The van der Waals surface area contributed by atoms with Crippen LogP contribution in [0.15, 0.2) is 39.3 Å². The zero-order chi connectivity index (χ0) is 13.2. The SMILES string of the molecule is CSc1nsc(/N=N/C2=CC(C)(Cl)C(O)C=C2)n1. The second-order valence-corrected chi connectivity index (χ2v) is 6.11. The monoisotopic (exact) mass is 302 g/mol. The summed E-state index contributed by atoms with van der Waals surface area (Å²) in [7, 11) is 0. The minimum Gasteiger partial charge on any atom is -0.387 e. The standard InChI is InChI=1S/C10H11ClN4OS2/c1-10(11)5-6(3-4-7(10)16)13-14-8-12-9(17-2)15-18-8/h3-5,7,16H,1-2H3/b14-13+. The van der Waals surface area contributed by atoms with Crippen LogP contribution in [-0.2, 0) is 0 Å². The van der Waals surface area contributed by atoms with Crippen LogP contribution in [0.5, 0.6) is 0 Å². The van der Waals surface area contributed by atoms with Gasteiger partial charge < -0.3 is 5.11 Å². The molecule has 18 heavy (non-hydrogen) atoms. The molecular formula is C10H11ClN4OS2. The van der Waals surface area contributed by atoms with Gasteiger partial charge in [-0.15, -0.1) is 21.8 Å². The number of nitrogens with zero attached hydrogens (tertiary/aromatic N) is 4. The number of azo groups is 1. The van der Waals surface area contributed by atoms with Crippen LogP contribution in [0.4, 0.5) is 5.13 Å². The summed E-state index contributed by atoms with van der Waals surface area (Å²) >= 11 is 8.76. The van der Waals surface area contributed by atoms with Gasteiger partial charge in [-0.05, 0) is 25.3 Å². The number of hydrogen-bond donors (Lipinski definition) is 1. The molecule has 1 aromatic rings. The fourth-order valence-corrected chi connectivity index (χ4v) is 2.52. The minimum absolute atomic E-state index is 0.496. The van der Waals surface area contributed by atoms with Crippen molar-refractivity contribution < 1.29 is 5.11 Å². The van der Waals surface area contributed by atoms with E-state index in [1.54, 1.807) is 25.2 Å². The van der Waals surface area contributed by atoms with Crippen molar-refractivity contribution in [1.82, 2.24) is 9.36 Å². The molecule has 1 N–H and O–H groups in total. The Bertz CT molecular complexity index is 524. The zero-order valence-corrected chi connectivity index (χ0v) is 12.1. The topological polar surface area (TPSA) is 70.7 Å². The second kappa shape index (κ2) is 5.48. The number of aliphatic hydroxyl groups excluding tert-OH is 1. The van der Waals surface area contributed by atoms with Crippen molar-refractivity contribution in [3.05, 3.63) is 23.9 Å². The minimum atomic E-state index is -0.853. The molecule has 1 aliphatic rings. The maximum atomic E-state index is 9.62. The molecule has 0 saturated heterocycles. The van der Waals surface area contributed by atoms with Gasteiger partial charge in [-0.3, -0.25) is 0 Å². The number of rotatable bonds is 3. The van der Waals surface area contributed by atoms with Crippen LogP contribution >= 0.6 is 34.9 Å². The quantitative estimate of drug-likeness (QED) is 0.529. The molecule has 0 aliphatic heterocycles. The summed E-state index contributed by atoms with van der Waals surface area (Å²) in [5, 5.41) is 18.8. The summed E-state index contributed by atoms with van der Waals surface area (Å²) in [6.45, 7) is 1.72. The molecule has 0 fully saturated rings. The summed E-state index contributed by atoms with van der Waals surface area (Å²) in [6, 6.07) is 0. The summed E-state index contributed by atoms with van der Waals surface area (Å²) in [6.07, 6.45) is 6.11. The van der Waals surface area contributed by atoms with E-state index >= 15 is 0 Å². The Morgan fingerprint density at radius 3 is 2.94 bits per heavy atom. The first-order valence-electron chi connectivity index (χ1n) is 5.09. The maximum absolute atomic E-state index is 9.62. The van der Waals surface area contributed by atoms with E-state index in [2.05, 4.69) is 19.6 Å². The van der Waals surface area contributed by atoms with Gasteiger partial charge in [0.2, 0.25) is 10.3 Å². The number of aliphatic hydroxyl groups is 1. The Morgan fingerprint density at radius 2 is 2.33 bits per heavy atom. The Balaban J connectivity index is 2.12. The molecule has 1 aromatic heterocycles. The summed E-state index contributed by atoms with van der Waals surface area (Å²) in [4.78, 5) is 3.29. The van der Waals surface area contributed by atoms with E-state index in [4.69, 9.17) is 11.6 Å². The third-order valence-electron chi connectivity index (χ3n) is 2.29. The van der Waals surface area contributed by atoms with Crippen molar-refractivity contribution in [3.63, 3.8) is 0 Å². The number of aromatic nitrogens is 2. The number of halogens is 1. The highest BCUT2D eigenvalue weighted by Crippen LogP contribution is 2.29. The molecule has 96 valence electrons. The van der Waals surface area contributed by atoms with E-state index in [0.717, 1.165) is 0 Å². The third-order valence-corrected chi connectivity index (χ3v) is 3.88. The molecule has 0 spiro atoms.